The first-order valence-corrected chi connectivity index (χ1v) is 8.86. The monoisotopic (exact) mass is 334 g/mol. The fourth-order valence-corrected chi connectivity index (χ4v) is 3.10. The molecule has 0 amide bonds. The van der Waals surface area contributed by atoms with Crippen LogP contribution in [0.2, 0.25) is 0 Å². The second-order valence-corrected chi connectivity index (χ2v) is 6.32. The summed E-state index contributed by atoms with van der Waals surface area (Å²) >= 11 is 0. The van der Waals surface area contributed by atoms with E-state index in [1.807, 2.05) is 60.7 Å². The molecular weight excluding hydrogens is 312 g/mol. The molecule has 1 saturated heterocycles. The van der Waals surface area contributed by atoms with Crippen molar-refractivity contribution in [3.63, 3.8) is 0 Å². The summed E-state index contributed by atoms with van der Waals surface area (Å²) < 4.78 is 11.5. The number of nitrogens with zero attached hydrogens (tertiary/aromatic N) is 2. The quantitative estimate of drug-likeness (QED) is 0.666. The maximum atomic E-state index is 5.83. The number of benzene rings is 2. The largest absolute Gasteiger partial charge is 0.492 e. The van der Waals surface area contributed by atoms with E-state index in [9.17, 15) is 0 Å². The van der Waals surface area contributed by atoms with Gasteiger partial charge in [0.2, 0.25) is 5.89 Å². The molecular formula is C21H22N2O2. The second kappa shape index (κ2) is 7.53. The molecule has 0 radical (unpaired) electrons. The molecule has 1 fully saturated rings. The van der Waals surface area contributed by atoms with Crippen LogP contribution in [-0.2, 0) is 0 Å². The van der Waals surface area contributed by atoms with Crippen molar-refractivity contribution in [3.05, 3.63) is 60.0 Å². The third-order valence-electron chi connectivity index (χ3n) is 4.48. The van der Waals surface area contributed by atoms with E-state index in [4.69, 9.17) is 9.15 Å². The van der Waals surface area contributed by atoms with Gasteiger partial charge in [0.15, 0.2) is 5.58 Å². The minimum atomic E-state index is 0.618. The molecule has 3 aromatic rings. The first-order valence-electron chi connectivity index (χ1n) is 8.86. The highest BCUT2D eigenvalue weighted by Crippen LogP contribution is 2.18. The van der Waals surface area contributed by atoms with Crippen LogP contribution in [0, 0.1) is 0 Å². The topological polar surface area (TPSA) is 38.5 Å². The van der Waals surface area contributed by atoms with E-state index in [0.29, 0.717) is 5.89 Å². The average molecular weight is 334 g/mol. The Morgan fingerprint density at radius 1 is 1.00 bits per heavy atom. The molecule has 25 heavy (non-hydrogen) atoms. The highest BCUT2D eigenvalue weighted by molar-refractivity contribution is 5.75. The van der Waals surface area contributed by atoms with Crippen molar-refractivity contribution in [1.82, 2.24) is 9.88 Å². The summed E-state index contributed by atoms with van der Waals surface area (Å²) in [5.41, 5.74) is 2.78. The number of hydrogen-bond acceptors (Lipinski definition) is 4. The van der Waals surface area contributed by atoms with Gasteiger partial charge in [-0.2, -0.15) is 0 Å². The number of fused-ring (bicyclic) bond motifs is 1. The van der Waals surface area contributed by atoms with Crippen LogP contribution in [0.4, 0.5) is 0 Å². The lowest BCUT2D eigenvalue weighted by Crippen LogP contribution is -2.25. The smallest absolute Gasteiger partial charge is 0.220 e. The zero-order chi connectivity index (χ0) is 16.9. The van der Waals surface area contributed by atoms with Crippen molar-refractivity contribution in [1.29, 1.82) is 0 Å². The van der Waals surface area contributed by atoms with Gasteiger partial charge in [-0.25, -0.2) is 4.98 Å². The fourth-order valence-electron chi connectivity index (χ4n) is 3.10. The SMILES string of the molecule is C(=C\c1nc2ccccc2o1)/c1ccc(OCCN2CCCC2)cc1. The highest BCUT2D eigenvalue weighted by atomic mass is 16.5. The van der Waals surface area contributed by atoms with Crippen LogP contribution in [0.1, 0.15) is 24.3 Å². The van der Waals surface area contributed by atoms with Gasteiger partial charge in [0, 0.05) is 12.6 Å². The predicted octanol–water partition coefficient (Wildman–Crippen LogP) is 4.47. The van der Waals surface area contributed by atoms with Gasteiger partial charge >= 0.3 is 0 Å². The van der Waals surface area contributed by atoms with Crippen molar-refractivity contribution in [2.24, 2.45) is 0 Å². The molecule has 0 atom stereocenters. The summed E-state index contributed by atoms with van der Waals surface area (Å²) in [5, 5.41) is 0. The van der Waals surface area contributed by atoms with Crippen molar-refractivity contribution < 1.29 is 9.15 Å². The summed E-state index contributed by atoms with van der Waals surface area (Å²) in [7, 11) is 0. The fraction of sp³-hybridized carbons (Fsp3) is 0.286. The van der Waals surface area contributed by atoms with Crippen molar-refractivity contribution >= 4 is 23.3 Å². The Labute approximate surface area is 147 Å². The van der Waals surface area contributed by atoms with Gasteiger partial charge in [-0.3, -0.25) is 4.90 Å². The Morgan fingerprint density at radius 3 is 2.60 bits per heavy atom. The van der Waals surface area contributed by atoms with Crippen LogP contribution in [-0.4, -0.2) is 36.1 Å². The zero-order valence-electron chi connectivity index (χ0n) is 14.2. The standard InChI is InChI=1S/C21H22N2O2/c1-2-6-20-19(5-1)22-21(25-20)12-9-17-7-10-18(11-8-17)24-16-15-23-13-3-4-14-23/h1-2,5-12H,3-4,13-16H2/b12-9+. The Morgan fingerprint density at radius 2 is 1.80 bits per heavy atom. The molecule has 0 spiro atoms. The lowest BCUT2D eigenvalue weighted by molar-refractivity contribution is 0.238. The third kappa shape index (κ3) is 4.09. The van der Waals surface area contributed by atoms with Gasteiger partial charge in [-0.1, -0.05) is 24.3 Å². The van der Waals surface area contributed by atoms with Gasteiger partial charge in [0.25, 0.3) is 0 Å². The van der Waals surface area contributed by atoms with Gasteiger partial charge in [0.1, 0.15) is 17.9 Å². The maximum absolute atomic E-state index is 5.83. The van der Waals surface area contributed by atoms with E-state index in [-0.39, 0.29) is 0 Å². The van der Waals surface area contributed by atoms with Crippen LogP contribution in [0.3, 0.4) is 0 Å². The number of oxazole rings is 1. The molecule has 0 saturated carbocycles. The Hall–Kier alpha value is -2.59. The number of hydrogen-bond donors (Lipinski definition) is 0. The molecule has 0 N–H and O–H groups in total. The van der Waals surface area contributed by atoms with Crippen LogP contribution in [0.25, 0.3) is 23.3 Å². The Balaban J connectivity index is 1.33. The molecule has 2 aromatic carbocycles. The third-order valence-corrected chi connectivity index (χ3v) is 4.48. The van der Waals surface area contributed by atoms with Crippen molar-refractivity contribution in [3.8, 4) is 5.75 Å². The van der Waals surface area contributed by atoms with E-state index < -0.39 is 0 Å². The Bertz CT molecular complexity index is 813. The van der Waals surface area contributed by atoms with Crippen LogP contribution in [0.5, 0.6) is 5.75 Å². The molecule has 1 aliphatic heterocycles. The maximum Gasteiger partial charge on any atom is 0.220 e. The minimum Gasteiger partial charge on any atom is -0.492 e. The molecule has 4 heteroatoms. The predicted molar refractivity (Wildman–Crippen MR) is 101 cm³/mol. The number of rotatable bonds is 6. The number of aromatic nitrogens is 1. The van der Waals surface area contributed by atoms with Crippen LogP contribution < -0.4 is 4.74 Å². The number of ether oxygens (including phenoxy) is 1. The average Bonchev–Trinajstić information content (AvgIpc) is 3.30. The molecule has 0 unspecified atom stereocenters. The molecule has 1 aliphatic rings. The molecule has 0 aliphatic carbocycles. The van der Waals surface area contributed by atoms with E-state index in [1.165, 1.54) is 25.9 Å². The summed E-state index contributed by atoms with van der Waals surface area (Å²) in [6.07, 6.45) is 6.53. The molecule has 0 bridgehead atoms. The summed E-state index contributed by atoms with van der Waals surface area (Å²) in [5.74, 6) is 1.53. The lowest BCUT2D eigenvalue weighted by Gasteiger charge is -2.14. The van der Waals surface area contributed by atoms with Crippen molar-refractivity contribution in [2.75, 3.05) is 26.2 Å². The van der Waals surface area contributed by atoms with Gasteiger partial charge in [-0.15, -0.1) is 0 Å². The van der Waals surface area contributed by atoms with Crippen LogP contribution >= 0.6 is 0 Å². The second-order valence-electron chi connectivity index (χ2n) is 6.32. The minimum absolute atomic E-state index is 0.618. The number of para-hydroxylation sites is 2. The van der Waals surface area contributed by atoms with Gasteiger partial charge in [-0.05, 0) is 61.8 Å². The van der Waals surface area contributed by atoms with E-state index in [2.05, 4.69) is 9.88 Å². The zero-order valence-corrected chi connectivity index (χ0v) is 14.2. The first kappa shape index (κ1) is 15.9. The van der Waals surface area contributed by atoms with Gasteiger partial charge < -0.3 is 9.15 Å². The van der Waals surface area contributed by atoms with Crippen molar-refractivity contribution in [2.45, 2.75) is 12.8 Å². The van der Waals surface area contributed by atoms with E-state index >= 15 is 0 Å². The first-order chi connectivity index (χ1) is 12.4. The highest BCUT2D eigenvalue weighted by Gasteiger charge is 2.10. The lowest BCUT2D eigenvalue weighted by atomic mass is 10.2. The van der Waals surface area contributed by atoms with E-state index in [1.54, 1.807) is 0 Å². The number of likely N-dealkylation sites (tertiary alicyclic amines) is 1. The Kier molecular flexibility index (Phi) is 4.79. The molecule has 2 heterocycles. The molecule has 4 rings (SSSR count). The normalized spacial score (nSPS) is 15.4. The summed E-state index contributed by atoms with van der Waals surface area (Å²) in [6.45, 7) is 4.18. The molecule has 4 nitrogen and oxygen atoms in total. The van der Waals surface area contributed by atoms with E-state index in [0.717, 1.165) is 35.6 Å². The van der Waals surface area contributed by atoms with Gasteiger partial charge in [0.05, 0.1) is 0 Å². The summed E-state index contributed by atoms with van der Waals surface area (Å²) in [6, 6.07) is 15.9. The molecule has 128 valence electrons. The molecule has 1 aromatic heterocycles. The summed E-state index contributed by atoms with van der Waals surface area (Å²) in [4.78, 5) is 6.90. The van der Waals surface area contributed by atoms with Crippen LogP contribution in [0.15, 0.2) is 52.9 Å².